The standard InChI is InChI=1S/C16H22BrNO/c1-12-9-14(10-13(2)15(12)17)19-8-6-5-7-16(3,4)11-18/h9-10H,5-8H2,1-4H3. The van der Waals surface area contributed by atoms with Crippen LogP contribution in [-0.2, 0) is 0 Å². The van der Waals surface area contributed by atoms with Crippen LogP contribution in [0.1, 0.15) is 44.2 Å². The van der Waals surface area contributed by atoms with Gasteiger partial charge in [0.15, 0.2) is 0 Å². The molecule has 0 unspecified atom stereocenters. The smallest absolute Gasteiger partial charge is 0.119 e. The third-order valence-corrected chi connectivity index (χ3v) is 4.43. The number of hydrogen-bond donors (Lipinski definition) is 0. The van der Waals surface area contributed by atoms with Gasteiger partial charge in [-0.2, -0.15) is 5.26 Å². The minimum atomic E-state index is -0.217. The maximum Gasteiger partial charge on any atom is 0.119 e. The van der Waals surface area contributed by atoms with Gasteiger partial charge in [-0.15, -0.1) is 0 Å². The Morgan fingerprint density at radius 2 is 1.79 bits per heavy atom. The van der Waals surface area contributed by atoms with E-state index in [1.807, 2.05) is 13.8 Å². The summed E-state index contributed by atoms with van der Waals surface area (Å²) in [6.07, 6.45) is 2.93. The molecule has 0 aliphatic rings. The van der Waals surface area contributed by atoms with Crippen LogP contribution in [0.2, 0.25) is 0 Å². The van der Waals surface area contributed by atoms with Crippen LogP contribution in [0.3, 0.4) is 0 Å². The summed E-state index contributed by atoms with van der Waals surface area (Å²) in [6, 6.07) is 6.43. The first-order chi connectivity index (χ1) is 8.85. The van der Waals surface area contributed by atoms with Gasteiger partial charge in [0, 0.05) is 4.47 Å². The van der Waals surface area contributed by atoms with Crippen LogP contribution in [0.4, 0.5) is 0 Å². The number of benzene rings is 1. The molecule has 3 heteroatoms. The fourth-order valence-electron chi connectivity index (χ4n) is 1.90. The topological polar surface area (TPSA) is 33.0 Å². The van der Waals surface area contributed by atoms with Gasteiger partial charge in [0.2, 0.25) is 0 Å². The lowest BCUT2D eigenvalue weighted by Gasteiger charge is -2.14. The van der Waals surface area contributed by atoms with Crippen molar-refractivity contribution in [3.05, 3.63) is 27.7 Å². The lowest BCUT2D eigenvalue weighted by molar-refractivity contribution is 0.294. The molecule has 0 radical (unpaired) electrons. The molecule has 1 aromatic carbocycles. The van der Waals surface area contributed by atoms with Gasteiger partial charge < -0.3 is 4.74 Å². The van der Waals surface area contributed by atoms with Crippen molar-refractivity contribution < 1.29 is 4.74 Å². The third kappa shape index (κ3) is 5.24. The molecule has 1 aromatic rings. The highest BCUT2D eigenvalue weighted by Crippen LogP contribution is 2.26. The Hall–Kier alpha value is -1.01. The molecule has 104 valence electrons. The van der Waals surface area contributed by atoms with Crippen LogP contribution in [0.25, 0.3) is 0 Å². The third-order valence-electron chi connectivity index (χ3n) is 3.18. The monoisotopic (exact) mass is 323 g/mol. The summed E-state index contributed by atoms with van der Waals surface area (Å²) >= 11 is 3.55. The molecule has 0 aliphatic heterocycles. The zero-order valence-corrected chi connectivity index (χ0v) is 13.8. The largest absolute Gasteiger partial charge is 0.494 e. The molecular weight excluding hydrogens is 302 g/mol. The molecule has 19 heavy (non-hydrogen) atoms. The van der Waals surface area contributed by atoms with E-state index in [1.54, 1.807) is 0 Å². The molecule has 0 fully saturated rings. The second-order valence-corrected chi connectivity index (χ2v) is 6.47. The first-order valence-corrected chi connectivity index (χ1v) is 7.46. The van der Waals surface area contributed by atoms with Crippen LogP contribution < -0.4 is 4.74 Å². The fraction of sp³-hybridized carbons (Fsp3) is 0.562. The zero-order valence-electron chi connectivity index (χ0n) is 12.2. The molecule has 0 spiro atoms. The number of nitrogens with zero attached hydrogens (tertiary/aromatic N) is 1. The van der Waals surface area contributed by atoms with Gasteiger partial charge in [0.05, 0.1) is 18.1 Å². The quantitative estimate of drug-likeness (QED) is 0.677. The van der Waals surface area contributed by atoms with E-state index < -0.39 is 0 Å². The summed E-state index contributed by atoms with van der Waals surface area (Å²) in [5.74, 6) is 0.928. The van der Waals surface area contributed by atoms with Crippen molar-refractivity contribution >= 4 is 15.9 Å². The van der Waals surface area contributed by atoms with E-state index in [-0.39, 0.29) is 5.41 Å². The summed E-state index contributed by atoms with van der Waals surface area (Å²) in [5, 5.41) is 8.93. The minimum absolute atomic E-state index is 0.217. The molecule has 0 saturated carbocycles. The van der Waals surface area contributed by atoms with Crippen molar-refractivity contribution in [1.82, 2.24) is 0 Å². The Labute approximate surface area is 124 Å². The van der Waals surface area contributed by atoms with Crippen LogP contribution in [0.15, 0.2) is 16.6 Å². The molecule has 0 aromatic heterocycles. The fourth-order valence-corrected chi connectivity index (χ4v) is 2.13. The molecule has 0 N–H and O–H groups in total. The molecule has 0 bridgehead atoms. The van der Waals surface area contributed by atoms with E-state index in [0.717, 1.165) is 29.5 Å². The van der Waals surface area contributed by atoms with E-state index in [1.165, 1.54) is 11.1 Å². The first kappa shape index (κ1) is 16.0. The minimum Gasteiger partial charge on any atom is -0.494 e. The molecule has 0 heterocycles. The second kappa shape index (κ2) is 6.96. The summed E-state index contributed by atoms with van der Waals surface area (Å²) in [4.78, 5) is 0. The average Bonchev–Trinajstić information content (AvgIpc) is 2.35. The van der Waals surface area contributed by atoms with Gasteiger partial charge in [-0.3, -0.25) is 0 Å². The summed E-state index contributed by atoms with van der Waals surface area (Å²) in [7, 11) is 0. The Bertz CT molecular complexity index is 451. The van der Waals surface area contributed by atoms with E-state index in [9.17, 15) is 0 Å². The number of nitriles is 1. The van der Waals surface area contributed by atoms with E-state index in [0.29, 0.717) is 6.61 Å². The number of rotatable bonds is 6. The molecular formula is C16H22BrNO. The summed E-state index contributed by atoms with van der Waals surface area (Å²) in [5.41, 5.74) is 2.17. The lowest BCUT2D eigenvalue weighted by atomic mass is 9.89. The molecule has 0 atom stereocenters. The Balaban J connectivity index is 2.37. The number of ether oxygens (including phenoxy) is 1. The van der Waals surface area contributed by atoms with Crippen LogP contribution >= 0.6 is 15.9 Å². The van der Waals surface area contributed by atoms with Crippen molar-refractivity contribution in [2.45, 2.75) is 47.0 Å². The Morgan fingerprint density at radius 1 is 1.21 bits per heavy atom. The van der Waals surface area contributed by atoms with Crippen molar-refractivity contribution in [2.75, 3.05) is 6.61 Å². The van der Waals surface area contributed by atoms with E-state index in [2.05, 4.69) is 48.0 Å². The van der Waals surface area contributed by atoms with Gasteiger partial charge in [0.1, 0.15) is 5.75 Å². The second-order valence-electron chi connectivity index (χ2n) is 5.67. The Morgan fingerprint density at radius 3 is 2.32 bits per heavy atom. The predicted octanol–water partition coefficient (Wildman–Crippen LogP) is 5.16. The highest BCUT2D eigenvalue weighted by atomic mass is 79.9. The van der Waals surface area contributed by atoms with Gasteiger partial charge in [-0.1, -0.05) is 15.9 Å². The van der Waals surface area contributed by atoms with Crippen molar-refractivity contribution in [3.63, 3.8) is 0 Å². The van der Waals surface area contributed by atoms with E-state index >= 15 is 0 Å². The molecule has 2 nitrogen and oxygen atoms in total. The zero-order chi connectivity index (χ0) is 14.5. The van der Waals surface area contributed by atoms with E-state index in [4.69, 9.17) is 10.00 Å². The van der Waals surface area contributed by atoms with Crippen LogP contribution in [-0.4, -0.2) is 6.61 Å². The average molecular weight is 324 g/mol. The maximum atomic E-state index is 8.93. The summed E-state index contributed by atoms with van der Waals surface area (Å²) in [6.45, 7) is 8.81. The molecule has 0 amide bonds. The van der Waals surface area contributed by atoms with Gasteiger partial charge in [0.25, 0.3) is 0 Å². The van der Waals surface area contributed by atoms with Crippen molar-refractivity contribution in [2.24, 2.45) is 5.41 Å². The Kier molecular flexibility index (Phi) is 5.87. The van der Waals surface area contributed by atoms with Gasteiger partial charge >= 0.3 is 0 Å². The van der Waals surface area contributed by atoms with Gasteiger partial charge in [-0.25, -0.2) is 0 Å². The van der Waals surface area contributed by atoms with Crippen molar-refractivity contribution in [3.8, 4) is 11.8 Å². The molecule has 0 saturated heterocycles. The number of unbranched alkanes of at least 4 members (excludes halogenated alkanes) is 1. The van der Waals surface area contributed by atoms with Crippen LogP contribution in [0.5, 0.6) is 5.75 Å². The molecule has 0 aliphatic carbocycles. The highest BCUT2D eigenvalue weighted by molar-refractivity contribution is 9.10. The number of halogens is 1. The van der Waals surface area contributed by atoms with Crippen LogP contribution in [0, 0.1) is 30.6 Å². The summed E-state index contributed by atoms with van der Waals surface area (Å²) < 4.78 is 6.92. The number of aryl methyl sites for hydroxylation is 2. The molecule has 1 rings (SSSR count). The lowest BCUT2D eigenvalue weighted by Crippen LogP contribution is -2.08. The SMILES string of the molecule is Cc1cc(OCCCCC(C)(C)C#N)cc(C)c1Br. The predicted molar refractivity (Wildman–Crippen MR) is 82.4 cm³/mol. The highest BCUT2D eigenvalue weighted by Gasteiger charge is 2.15. The maximum absolute atomic E-state index is 8.93. The first-order valence-electron chi connectivity index (χ1n) is 6.66. The normalized spacial score (nSPS) is 11.2. The van der Waals surface area contributed by atoms with Gasteiger partial charge in [-0.05, 0) is 70.2 Å². The number of hydrogen-bond acceptors (Lipinski definition) is 2. The van der Waals surface area contributed by atoms with Crippen molar-refractivity contribution in [1.29, 1.82) is 5.26 Å².